The molecular weight excluding hydrogens is 266 g/mol. The summed E-state index contributed by atoms with van der Waals surface area (Å²) in [6.45, 7) is 9.89. The Bertz CT molecular complexity index is 452. The van der Waals surface area contributed by atoms with E-state index < -0.39 is 5.41 Å². The lowest BCUT2D eigenvalue weighted by atomic mass is 9.84. The van der Waals surface area contributed by atoms with Gasteiger partial charge in [-0.05, 0) is 58.7 Å². The number of esters is 1. The van der Waals surface area contributed by atoms with E-state index in [1.165, 1.54) is 0 Å². The highest BCUT2D eigenvalue weighted by Crippen LogP contribution is 2.30. The van der Waals surface area contributed by atoms with E-state index in [0.717, 1.165) is 11.3 Å². The van der Waals surface area contributed by atoms with Gasteiger partial charge in [0, 0.05) is 6.04 Å². The molecule has 118 valence electrons. The standard InChI is InChI=1S/C17H27NO3/c1-6-20-16(19)17(4,5)11-15(18)13-7-9-14(10-8-13)21-12(2)3/h7-10,12,15H,6,11,18H2,1-5H3. The second-order valence-electron chi connectivity index (χ2n) is 6.15. The molecule has 1 unspecified atom stereocenters. The summed E-state index contributed by atoms with van der Waals surface area (Å²) in [5.41, 5.74) is 6.61. The lowest BCUT2D eigenvalue weighted by Crippen LogP contribution is -2.31. The molecule has 0 heterocycles. The largest absolute Gasteiger partial charge is 0.491 e. The Balaban J connectivity index is 2.70. The van der Waals surface area contributed by atoms with Gasteiger partial charge in [-0.15, -0.1) is 0 Å². The molecule has 1 atom stereocenters. The second-order valence-corrected chi connectivity index (χ2v) is 6.15. The summed E-state index contributed by atoms with van der Waals surface area (Å²) in [6.07, 6.45) is 0.684. The van der Waals surface area contributed by atoms with Crippen molar-refractivity contribution in [3.63, 3.8) is 0 Å². The zero-order chi connectivity index (χ0) is 16.0. The Morgan fingerprint density at radius 2 is 1.81 bits per heavy atom. The molecule has 0 aliphatic heterocycles. The smallest absolute Gasteiger partial charge is 0.311 e. The summed E-state index contributed by atoms with van der Waals surface area (Å²) in [5, 5.41) is 0. The molecule has 2 N–H and O–H groups in total. The molecule has 0 aliphatic carbocycles. The van der Waals surface area contributed by atoms with Crippen LogP contribution < -0.4 is 10.5 Å². The van der Waals surface area contributed by atoms with Crippen LogP contribution in [0.4, 0.5) is 0 Å². The van der Waals surface area contributed by atoms with Crippen LogP contribution in [0.25, 0.3) is 0 Å². The molecule has 0 saturated carbocycles. The van der Waals surface area contributed by atoms with Crippen LogP contribution in [0.1, 0.15) is 52.6 Å². The first-order chi connectivity index (χ1) is 9.76. The van der Waals surface area contributed by atoms with Crippen molar-refractivity contribution >= 4 is 5.97 Å². The van der Waals surface area contributed by atoms with E-state index in [4.69, 9.17) is 15.2 Å². The van der Waals surface area contributed by atoms with Gasteiger partial charge in [0.2, 0.25) is 0 Å². The van der Waals surface area contributed by atoms with Gasteiger partial charge in [0.15, 0.2) is 0 Å². The number of hydrogen-bond acceptors (Lipinski definition) is 4. The number of ether oxygens (including phenoxy) is 2. The normalized spacial score (nSPS) is 13.1. The van der Waals surface area contributed by atoms with E-state index in [0.29, 0.717) is 13.0 Å². The molecule has 0 aliphatic rings. The minimum absolute atomic E-state index is 0.146. The predicted molar refractivity (Wildman–Crippen MR) is 84.2 cm³/mol. The second kappa shape index (κ2) is 7.46. The van der Waals surface area contributed by atoms with Gasteiger partial charge in [0.25, 0.3) is 0 Å². The molecule has 0 spiro atoms. The molecule has 0 amide bonds. The minimum Gasteiger partial charge on any atom is -0.491 e. The van der Waals surface area contributed by atoms with E-state index in [9.17, 15) is 4.79 Å². The third kappa shape index (κ3) is 5.38. The van der Waals surface area contributed by atoms with Crippen LogP contribution in [-0.4, -0.2) is 18.7 Å². The lowest BCUT2D eigenvalue weighted by molar-refractivity contribution is -0.154. The van der Waals surface area contributed by atoms with Crippen molar-refractivity contribution < 1.29 is 14.3 Å². The molecule has 0 saturated heterocycles. The van der Waals surface area contributed by atoms with Crippen molar-refractivity contribution in [2.75, 3.05) is 6.61 Å². The van der Waals surface area contributed by atoms with Gasteiger partial charge in [-0.3, -0.25) is 4.79 Å². The van der Waals surface area contributed by atoms with Crippen LogP contribution >= 0.6 is 0 Å². The molecule has 1 rings (SSSR count). The Kier molecular flexibility index (Phi) is 6.21. The summed E-state index contributed by atoms with van der Waals surface area (Å²) in [7, 11) is 0. The van der Waals surface area contributed by atoms with Gasteiger partial charge in [-0.2, -0.15) is 0 Å². The first kappa shape index (κ1) is 17.5. The van der Waals surface area contributed by atoms with E-state index >= 15 is 0 Å². The molecule has 0 bridgehead atoms. The summed E-state index contributed by atoms with van der Waals surface area (Å²) < 4.78 is 10.7. The molecule has 0 fully saturated rings. The van der Waals surface area contributed by atoms with Crippen molar-refractivity contribution in [2.45, 2.75) is 53.2 Å². The zero-order valence-electron chi connectivity index (χ0n) is 13.7. The summed E-state index contributed by atoms with van der Waals surface area (Å²) in [4.78, 5) is 11.9. The molecular formula is C17H27NO3. The van der Waals surface area contributed by atoms with Crippen LogP contribution in [0, 0.1) is 5.41 Å². The van der Waals surface area contributed by atoms with Crippen molar-refractivity contribution in [2.24, 2.45) is 11.1 Å². The van der Waals surface area contributed by atoms with Crippen molar-refractivity contribution in [3.05, 3.63) is 29.8 Å². The number of carbonyl (C=O) groups excluding carboxylic acids is 1. The molecule has 1 aromatic carbocycles. The van der Waals surface area contributed by atoms with E-state index in [2.05, 4.69) is 0 Å². The van der Waals surface area contributed by atoms with Crippen LogP contribution in [0.3, 0.4) is 0 Å². The number of benzene rings is 1. The average molecular weight is 293 g/mol. The van der Waals surface area contributed by atoms with Gasteiger partial charge in [-0.25, -0.2) is 0 Å². The maximum atomic E-state index is 11.9. The SMILES string of the molecule is CCOC(=O)C(C)(C)CC(N)c1ccc(OC(C)C)cc1. The minimum atomic E-state index is -0.595. The van der Waals surface area contributed by atoms with E-state index in [1.807, 2.05) is 52.0 Å². The fourth-order valence-corrected chi connectivity index (χ4v) is 2.14. The molecule has 4 heteroatoms. The quantitative estimate of drug-likeness (QED) is 0.782. The van der Waals surface area contributed by atoms with Crippen molar-refractivity contribution in [1.82, 2.24) is 0 Å². The number of hydrogen-bond donors (Lipinski definition) is 1. The lowest BCUT2D eigenvalue weighted by Gasteiger charge is -2.26. The average Bonchev–Trinajstić information content (AvgIpc) is 2.38. The van der Waals surface area contributed by atoms with Crippen molar-refractivity contribution in [1.29, 1.82) is 0 Å². The predicted octanol–water partition coefficient (Wildman–Crippen LogP) is 3.45. The zero-order valence-corrected chi connectivity index (χ0v) is 13.7. The maximum Gasteiger partial charge on any atom is 0.311 e. The molecule has 21 heavy (non-hydrogen) atoms. The van der Waals surface area contributed by atoms with Crippen LogP contribution in [-0.2, 0) is 9.53 Å². The van der Waals surface area contributed by atoms with Crippen molar-refractivity contribution in [3.8, 4) is 5.75 Å². The summed E-state index contributed by atoms with van der Waals surface area (Å²) in [5.74, 6) is 0.616. The highest BCUT2D eigenvalue weighted by Gasteiger charge is 2.31. The first-order valence-corrected chi connectivity index (χ1v) is 7.45. The fourth-order valence-electron chi connectivity index (χ4n) is 2.14. The Labute approximate surface area is 127 Å². The highest BCUT2D eigenvalue weighted by atomic mass is 16.5. The summed E-state index contributed by atoms with van der Waals surface area (Å²) in [6, 6.07) is 7.50. The molecule has 1 aromatic rings. The maximum absolute atomic E-state index is 11.9. The number of nitrogens with two attached hydrogens (primary N) is 1. The third-order valence-corrected chi connectivity index (χ3v) is 3.24. The van der Waals surface area contributed by atoms with E-state index in [1.54, 1.807) is 6.92 Å². The number of rotatable bonds is 7. The first-order valence-electron chi connectivity index (χ1n) is 7.45. The third-order valence-electron chi connectivity index (χ3n) is 3.24. The van der Waals surface area contributed by atoms with Crippen LogP contribution in [0.2, 0.25) is 0 Å². The van der Waals surface area contributed by atoms with Crippen LogP contribution in [0.15, 0.2) is 24.3 Å². The van der Waals surface area contributed by atoms with Crippen LogP contribution in [0.5, 0.6) is 5.75 Å². The van der Waals surface area contributed by atoms with E-state index in [-0.39, 0.29) is 18.1 Å². The monoisotopic (exact) mass is 293 g/mol. The Hall–Kier alpha value is -1.55. The van der Waals surface area contributed by atoms with Gasteiger partial charge in [-0.1, -0.05) is 12.1 Å². The highest BCUT2D eigenvalue weighted by molar-refractivity contribution is 5.75. The molecule has 0 aromatic heterocycles. The van der Waals surface area contributed by atoms with Gasteiger partial charge < -0.3 is 15.2 Å². The molecule has 4 nitrogen and oxygen atoms in total. The Morgan fingerprint density at radius 3 is 2.29 bits per heavy atom. The number of carbonyl (C=O) groups is 1. The molecule has 0 radical (unpaired) electrons. The topological polar surface area (TPSA) is 61.5 Å². The van der Waals surface area contributed by atoms with Gasteiger partial charge in [0.05, 0.1) is 18.1 Å². The Morgan fingerprint density at radius 1 is 1.24 bits per heavy atom. The fraction of sp³-hybridized carbons (Fsp3) is 0.588. The van der Waals surface area contributed by atoms with Gasteiger partial charge >= 0.3 is 5.97 Å². The summed E-state index contributed by atoms with van der Waals surface area (Å²) >= 11 is 0. The van der Waals surface area contributed by atoms with Gasteiger partial charge in [0.1, 0.15) is 5.75 Å².